The van der Waals surface area contributed by atoms with E-state index in [2.05, 4.69) is 27.3 Å². The van der Waals surface area contributed by atoms with Crippen molar-refractivity contribution in [2.45, 2.75) is 32.8 Å². The lowest BCUT2D eigenvalue weighted by atomic mass is 10.1. The maximum absolute atomic E-state index is 11.7. The lowest BCUT2D eigenvalue weighted by Gasteiger charge is -2.20. The molecule has 18 heavy (non-hydrogen) atoms. The van der Waals surface area contributed by atoms with Crippen molar-refractivity contribution in [1.29, 1.82) is 5.26 Å². The number of ether oxygens (including phenoxy) is 1. The van der Waals surface area contributed by atoms with Crippen molar-refractivity contribution in [2.24, 2.45) is 0 Å². The number of halogens is 1. The molecule has 0 spiro atoms. The first-order chi connectivity index (χ1) is 8.31. The van der Waals surface area contributed by atoms with Crippen molar-refractivity contribution >= 4 is 27.7 Å². The molecule has 0 aliphatic carbocycles. The van der Waals surface area contributed by atoms with Crippen LogP contribution in [0.4, 0.5) is 10.5 Å². The number of benzene rings is 1. The molecule has 1 rings (SSSR count). The highest BCUT2D eigenvalue weighted by molar-refractivity contribution is 9.10. The zero-order valence-corrected chi connectivity index (χ0v) is 12.2. The number of hydrogen-bond acceptors (Lipinski definition) is 3. The Morgan fingerprint density at radius 2 is 2.17 bits per heavy atom. The van der Waals surface area contributed by atoms with Gasteiger partial charge >= 0.3 is 6.09 Å². The molecule has 0 radical (unpaired) electrons. The molecule has 0 unspecified atom stereocenters. The van der Waals surface area contributed by atoms with Gasteiger partial charge < -0.3 is 4.74 Å². The zero-order valence-electron chi connectivity index (χ0n) is 10.6. The number of nitrogens with one attached hydrogen (secondary N) is 1. The molecule has 1 N–H and O–H groups in total. The van der Waals surface area contributed by atoms with Crippen LogP contribution in [-0.4, -0.2) is 11.7 Å². The minimum absolute atomic E-state index is 0.235. The van der Waals surface area contributed by atoms with Gasteiger partial charge in [0, 0.05) is 10.2 Å². The van der Waals surface area contributed by atoms with Gasteiger partial charge in [-0.05, 0) is 38.5 Å². The summed E-state index contributed by atoms with van der Waals surface area (Å²) in [4.78, 5) is 11.7. The van der Waals surface area contributed by atoms with Crippen LogP contribution in [-0.2, 0) is 11.2 Å². The Morgan fingerprint density at radius 1 is 1.50 bits per heavy atom. The zero-order chi connectivity index (χ0) is 13.8. The molecule has 96 valence electrons. The monoisotopic (exact) mass is 310 g/mol. The van der Waals surface area contributed by atoms with Crippen LogP contribution in [0, 0.1) is 11.3 Å². The third-order valence-electron chi connectivity index (χ3n) is 1.98. The Morgan fingerprint density at radius 3 is 2.72 bits per heavy atom. The van der Waals surface area contributed by atoms with Gasteiger partial charge in [-0.15, -0.1) is 0 Å². The summed E-state index contributed by atoms with van der Waals surface area (Å²) in [5.74, 6) is 0. The molecule has 0 saturated heterocycles. The van der Waals surface area contributed by atoms with E-state index in [1.54, 1.807) is 32.9 Å². The molecule has 0 atom stereocenters. The Bertz CT molecular complexity index is 487. The fraction of sp³-hybridized carbons (Fsp3) is 0.385. The smallest absolute Gasteiger partial charge is 0.412 e. The number of nitriles is 1. The fourth-order valence-corrected chi connectivity index (χ4v) is 1.68. The van der Waals surface area contributed by atoms with E-state index >= 15 is 0 Å². The summed E-state index contributed by atoms with van der Waals surface area (Å²) in [6.45, 7) is 5.39. The topological polar surface area (TPSA) is 62.1 Å². The van der Waals surface area contributed by atoms with Crippen molar-refractivity contribution in [3.05, 3.63) is 28.2 Å². The first-order valence-electron chi connectivity index (χ1n) is 5.47. The Kier molecular flexibility index (Phi) is 4.74. The highest BCUT2D eigenvalue weighted by Gasteiger charge is 2.17. The van der Waals surface area contributed by atoms with Crippen molar-refractivity contribution in [2.75, 3.05) is 5.32 Å². The maximum Gasteiger partial charge on any atom is 0.412 e. The Labute approximate surface area is 115 Å². The van der Waals surface area contributed by atoms with Crippen LogP contribution in [0.3, 0.4) is 0 Å². The molecule has 0 aliphatic heterocycles. The maximum atomic E-state index is 11.7. The molecule has 1 aromatic rings. The average molecular weight is 311 g/mol. The largest absolute Gasteiger partial charge is 0.444 e. The summed E-state index contributed by atoms with van der Waals surface area (Å²) >= 11 is 3.32. The second kappa shape index (κ2) is 5.87. The molecule has 0 fully saturated rings. The van der Waals surface area contributed by atoms with Gasteiger partial charge in [-0.25, -0.2) is 4.79 Å². The summed E-state index contributed by atoms with van der Waals surface area (Å²) < 4.78 is 6.00. The number of rotatable bonds is 2. The van der Waals surface area contributed by atoms with Crippen molar-refractivity contribution in [1.82, 2.24) is 0 Å². The van der Waals surface area contributed by atoms with Crippen LogP contribution in [0.25, 0.3) is 0 Å². The molecule has 0 heterocycles. The van der Waals surface area contributed by atoms with Crippen LogP contribution in [0.15, 0.2) is 22.7 Å². The van der Waals surface area contributed by atoms with Crippen LogP contribution in [0.2, 0.25) is 0 Å². The SMILES string of the molecule is CC(C)(C)OC(=O)Nc1cc(Br)ccc1CC#N. The van der Waals surface area contributed by atoms with Crippen LogP contribution < -0.4 is 5.32 Å². The van der Waals surface area contributed by atoms with Gasteiger partial charge in [0.25, 0.3) is 0 Å². The molecule has 1 amide bonds. The number of hydrogen-bond donors (Lipinski definition) is 1. The molecule has 4 nitrogen and oxygen atoms in total. The van der Waals surface area contributed by atoms with E-state index in [0.29, 0.717) is 5.69 Å². The Hall–Kier alpha value is -1.54. The normalized spacial score (nSPS) is 10.6. The fourth-order valence-electron chi connectivity index (χ4n) is 1.32. The number of nitrogens with zero attached hydrogens (tertiary/aromatic N) is 1. The quantitative estimate of drug-likeness (QED) is 0.902. The van der Waals surface area contributed by atoms with E-state index < -0.39 is 11.7 Å². The first kappa shape index (κ1) is 14.5. The summed E-state index contributed by atoms with van der Waals surface area (Å²) in [5, 5.41) is 11.4. The number of carbonyl (C=O) groups is 1. The van der Waals surface area contributed by atoms with E-state index in [0.717, 1.165) is 10.0 Å². The minimum Gasteiger partial charge on any atom is -0.444 e. The van der Waals surface area contributed by atoms with Gasteiger partial charge in [-0.1, -0.05) is 22.0 Å². The molecule has 5 heteroatoms. The molecule has 0 saturated carbocycles. The molecule has 1 aromatic carbocycles. The Balaban J connectivity index is 2.86. The van der Waals surface area contributed by atoms with E-state index in [4.69, 9.17) is 10.00 Å². The highest BCUT2D eigenvalue weighted by Crippen LogP contribution is 2.22. The van der Waals surface area contributed by atoms with Gasteiger partial charge in [0.2, 0.25) is 0 Å². The minimum atomic E-state index is -0.550. The van der Waals surface area contributed by atoms with E-state index in [1.807, 2.05) is 6.07 Å². The highest BCUT2D eigenvalue weighted by atomic mass is 79.9. The lowest BCUT2D eigenvalue weighted by Crippen LogP contribution is -2.27. The van der Waals surface area contributed by atoms with Gasteiger partial charge in [0.15, 0.2) is 0 Å². The molecular weight excluding hydrogens is 296 g/mol. The van der Waals surface area contributed by atoms with Crippen LogP contribution in [0.5, 0.6) is 0 Å². The van der Waals surface area contributed by atoms with E-state index in [-0.39, 0.29) is 6.42 Å². The van der Waals surface area contributed by atoms with E-state index in [9.17, 15) is 4.79 Å². The summed E-state index contributed by atoms with van der Waals surface area (Å²) in [6, 6.07) is 7.42. The summed E-state index contributed by atoms with van der Waals surface area (Å²) in [6.07, 6.45) is -0.293. The number of carbonyl (C=O) groups excluding carboxylic acids is 1. The van der Waals surface area contributed by atoms with Gasteiger partial charge in [0.1, 0.15) is 5.60 Å². The molecule has 0 aliphatic rings. The standard InChI is InChI=1S/C13H15BrN2O2/c1-13(2,3)18-12(17)16-11-8-10(14)5-4-9(11)6-7-15/h4-5,8H,6H2,1-3H3,(H,16,17). The van der Waals surface area contributed by atoms with Crippen molar-refractivity contribution in [3.8, 4) is 6.07 Å². The van der Waals surface area contributed by atoms with Crippen molar-refractivity contribution in [3.63, 3.8) is 0 Å². The third-order valence-corrected chi connectivity index (χ3v) is 2.47. The second-order valence-electron chi connectivity index (χ2n) is 4.76. The predicted octanol–water partition coefficient (Wildman–Crippen LogP) is 3.86. The number of amides is 1. The molecular formula is C13H15BrN2O2. The number of anilines is 1. The van der Waals surface area contributed by atoms with Crippen molar-refractivity contribution < 1.29 is 9.53 Å². The average Bonchev–Trinajstić information content (AvgIpc) is 2.19. The molecule has 0 aromatic heterocycles. The third kappa shape index (κ3) is 4.76. The lowest BCUT2D eigenvalue weighted by molar-refractivity contribution is 0.0636. The van der Waals surface area contributed by atoms with E-state index in [1.165, 1.54) is 0 Å². The van der Waals surface area contributed by atoms with Gasteiger partial charge in [-0.2, -0.15) is 5.26 Å². The predicted molar refractivity (Wildman–Crippen MR) is 73.3 cm³/mol. The second-order valence-corrected chi connectivity index (χ2v) is 5.68. The van der Waals surface area contributed by atoms with Gasteiger partial charge in [0.05, 0.1) is 12.5 Å². The van der Waals surface area contributed by atoms with Gasteiger partial charge in [-0.3, -0.25) is 5.32 Å². The van der Waals surface area contributed by atoms with Crippen LogP contribution >= 0.6 is 15.9 Å². The van der Waals surface area contributed by atoms with Crippen LogP contribution in [0.1, 0.15) is 26.3 Å². The molecule has 0 bridgehead atoms. The summed E-state index contributed by atoms with van der Waals surface area (Å²) in [7, 11) is 0. The summed E-state index contributed by atoms with van der Waals surface area (Å²) in [5.41, 5.74) is 0.789. The first-order valence-corrected chi connectivity index (χ1v) is 6.26.